The highest BCUT2D eigenvalue weighted by Crippen LogP contribution is 2.20. The van der Waals surface area contributed by atoms with E-state index in [-0.39, 0.29) is 35.7 Å². The highest BCUT2D eigenvalue weighted by molar-refractivity contribution is 7.89. The highest BCUT2D eigenvalue weighted by atomic mass is 32.2. The van der Waals surface area contributed by atoms with Gasteiger partial charge >= 0.3 is 5.69 Å². The van der Waals surface area contributed by atoms with Crippen LogP contribution in [-0.2, 0) is 30.2 Å². The van der Waals surface area contributed by atoms with E-state index in [1.807, 2.05) is 0 Å². The van der Waals surface area contributed by atoms with Crippen LogP contribution in [0.4, 0.5) is 5.95 Å². The lowest BCUT2D eigenvalue weighted by Crippen LogP contribution is -2.44. The van der Waals surface area contributed by atoms with E-state index in [2.05, 4.69) is 31.8 Å². The van der Waals surface area contributed by atoms with Crippen molar-refractivity contribution in [3.8, 4) is 11.8 Å². The van der Waals surface area contributed by atoms with Crippen LogP contribution < -0.4 is 26.2 Å². The minimum Gasteiger partial charge on any atom is -0.340 e. The smallest absolute Gasteiger partial charge is 0.332 e. The lowest BCUT2D eigenvalue weighted by molar-refractivity contribution is 0.558. The van der Waals surface area contributed by atoms with Gasteiger partial charge in [-0.3, -0.25) is 18.5 Å². The van der Waals surface area contributed by atoms with Crippen LogP contribution in [0.2, 0.25) is 0 Å². The fourth-order valence-electron chi connectivity index (χ4n) is 3.95. The van der Waals surface area contributed by atoms with E-state index in [1.54, 1.807) is 36.7 Å². The Morgan fingerprint density at radius 2 is 1.82 bits per heavy atom. The van der Waals surface area contributed by atoms with Gasteiger partial charge in [-0.2, -0.15) is 4.98 Å². The SMILES string of the molecule is CC#CCn1c(N2CCNCC2)nc2c1c(=O)n(CCNS(=O)(=O)c1ccccc1)c(=O)n2C. The van der Waals surface area contributed by atoms with Gasteiger partial charge in [0.15, 0.2) is 11.2 Å². The molecule has 0 spiro atoms. The number of hydrogen-bond acceptors (Lipinski definition) is 7. The molecule has 1 aliphatic heterocycles. The molecule has 2 N–H and O–H groups in total. The molecule has 34 heavy (non-hydrogen) atoms. The third-order valence-electron chi connectivity index (χ3n) is 5.71. The fourth-order valence-corrected chi connectivity index (χ4v) is 4.99. The van der Waals surface area contributed by atoms with E-state index >= 15 is 0 Å². The second-order valence-corrected chi connectivity index (χ2v) is 9.61. The summed E-state index contributed by atoms with van der Waals surface area (Å²) >= 11 is 0. The van der Waals surface area contributed by atoms with Crippen molar-refractivity contribution in [2.24, 2.45) is 7.05 Å². The summed E-state index contributed by atoms with van der Waals surface area (Å²) in [5.41, 5.74) is -0.537. The van der Waals surface area contributed by atoms with E-state index in [0.29, 0.717) is 19.0 Å². The molecule has 1 fully saturated rings. The van der Waals surface area contributed by atoms with Crippen LogP contribution >= 0.6 is 0 Å². The van der Waals surface area contributed by atoms with Crippen LogP contribution in [0.5, 0.6) is 0 Å². The van der Waals surface area contributed by atoms with Crippen LogP contribution in [0.1, 0.15) is 6.92 Å². The number of nitrogens with one attached hydrogen (secondary N) is 2. The number of imidazole rings is 1. The number of benzene rings is 1. The average Bonchev–Trinajstić information content (AvgIpc) is 3.24. The molecule has 0 amide bonds. The number of sulfonamides is 1. The standard InChI is InChI=1S/C22H27N7O4S/c1-3-4-13-28-18-19(25-21(28)27-14-10-23-11-15-27)26(2)22(31)29(20(18)30)16-12-24-34(32,33)17-8-6-5-7-9-17/h5-9,23-24H,10-16H2,1-2H3. The Bertz CT molecular complexity index is 1470. The van der Waals surface area contributed by atoms with Crippen molar-refractivity contribution >= 4 is 27.1 Å². The summed E-state index contributed by atoms with van der Waals surface area (Å²) in [4.78, 5) is 33.2. The lowest BCUT2D eigenvalue weighted by atomic mass is 10.4. The van der Waals surface area contributed by atoms with E-state index < -0.39 is 21.3 Å². The molecule has 0 saturated carbocycles. The van der Waals surface area contributed by atoms with Gasteiger partial charge in [-0.05, 0) is 19.1 Å². The summed E-state index contributed by atoms with van der Waals surface area (Å²) in [5, 5.41) is 3.29. The summed E-state index contributed by atoms with van der Waals surface area (Å²) in [6.07, 6.45) is 0. The number of nitrogens with zero attached hydrogens (tertiary/aromatic N) is 5. The number of aromatic nitrogens is 4. The van der Waals surface area contributed by atoms with E-state index in [0.717, 1.165) is 17.7 Å². The van der Waals surface area contributed by atoms with Gasteiger partial charge in [-0.1, -0.05) is 24.1 Å². The van der Waals surface area contributed by atoms with Crippen molar-refractivity contribution < 1.29 is 8.42 Å². The average molecular weight is 486 g/mol. The van der Waals surface area contributed by atoms with Gasteiger partial charge in [0.05, 0.1) is 11.4 Å². The van der Waals surface area contributed by atoms with Crippen LogP contribution in [0.3, 0.4) is 0 Å². The molecule has 12 heteroatoms. The van der Waals surface area contributed by atoms with Crippen LogP contribution in [0.25, 0.3) is 11.2 Å². The maximum atomic E-state index is 13.4. The normalized spacial score (nSPS) is 14.2. The maximum Gasteiger partial charge on any atom is 0.332 e. The molecule has 180 valence electrons. The Morgan fingerprint density at radius 1 is 1.12 bits per heavy atom. The molecule has 0 aliphatic carbocycles. The van der Waals surface area contributed by atoms with E-state index in [4.69, 9.17) is 0 Å². The second-order valence-electron chi connectivity index (χ2n) is 7.84. The van der Waals surface area contributed by atoms with Crippen molar-refractivity contribution in [1.29, 1.82) is 0 Å². The van der Waals surface area contributed by atoms with Gasteiger partial charge < -0.3 is 10.2 Å². The summed E-state index contributed by atoms with van der Waals surface area (Å²) < 4.78 is 31.6. The zero-order chi connectivity index (χ0) is 24.3. The molecule has 0 atom stereocenters. The first-order valence-corrected chi connectivity index (χ1v) is 12.4. The minimum absolute atomic E-state index is 0.114. The van der Waals surface area contributed by atoms with Crippen LogP contribution in [-0.4, -0.2) is 59.8 Å². The van der Waals surface area contributed by atoms with Gasteiger partial charge in [0.2, 0.25) is 16.0 Å². The van der Waals surface area contributed by atoms with Crippen molar-refractivity contribution in [3.63, 3.8) is 0 Å². The molecular formula is C22H27N7O4S. The summed E-state index contributed by atoms with van der Waals surface area (Å²) in [6, 6.07) is 7.92. The summed E-state index contributed by atoms with van der Waals surface area (Å²) in [5.74, 6) is 6.42. The Balaban J connectivity index is 1.72. The first-order chi connectivity index (χ1) is 16.3. The molecule has 3 heterocycles. The number of fused-ring (bicyclic) bond motifs is 1. The Kier molecular flexibility index (Phi) is 6.87. The van der Waals surface area contributed by atoms with Gasteiger partial charge in [0.25, 0.3) is 5.56 Å². The Morgan fingerprint density at radius 3 is 2.50 bits per heavy atom. The molecule has 11 nitrogen and oxygen atoms in total. The highest BCUT2D eigenvalue weighted by Gasteiger charge is 2.24. The first-order valence-electron chi connectivity index (χ1n) is 10.9. The van der Waals surface area contributed by atoms with Crippen LogP contribution in [0.15, 0.2) is 44.8 Å². The molecule has 0 unspecified atom stereocenters. The van der Waals surface area contributed by atoms with E-state index in [1.165, 1.54) is 16.7 Å². The third kappa shape index (κ3) is 4.50. The molecule has 3 aromatic rings. The number of aryl methyl sites for hydroxylation is 1. The first kappa shape index (κ1) is 23.7. The van der Waals surface area contributed by atoms with Crippen molar-refractivity contribution in [1.82, 2.24) is 28.7 Å². The Labute approximate surface area is 197 Å². The zero-order valence-electron chi connectivity index (χ0n) is 19.1. The molecule has 4 rings (SSSR count). The van der Waals surface area contributed by atoms with Crippen molar-refractivity contribution in [3.05, 3.63) is 51.2 Å². The topological polar surface area (TPSA) is 123 Å². The van der Waals surface area contributed by atoms with Gasteiger partial charge in [-0.15, -0.1) is 5.92 Å². The summed E-state index contributed by atoms with van der Waals surface area (Å²) in [7, 11) is -2.21. The predicted octanol–water partition coefficient (Wildman–Crippen LogP) is -0.692. The zero-order valence-corrected chi connectivity index (χ0v) is 19.9. The summed E-state index contributed by atoms with van der Waals surface area (Å²) in [6.45, 7) is 4.72. The molecule has 0 radical (unpaired) electrons. The second kappa shape index (κ2) is 9.84. The molecule has 2 aromatic heterocycles. The molecule has 1 aromatic carbocycles. The monoisotopic (exact) mass is 485 g/mol. The van der Waals surface area contributed by atoms with Crippen LogP contribution in [0, 0.1) is 11.8 Å². The minimum atomic E-state index is -3.76. The number of piperazine rings is 1. The van der Waals surface area contributed by atoms with Gasteiger partial charge in [0.1, 0.15) is 0 Å². The molecule has 1 saturated heterocycles. The molecule has 0 bridgehead atoms. The quantitative estimate of drug-likeness (QED) is 0.425. The Hall–Kier alpha value is -3.40. The maximum absolute atomic E-state index is 13.4. The predicted molar refractivity (Wildman–Crippen MR) is 129 cm³/mol. The lowest BCUT2D eigenvalue weighted by Gasteiger charge is -2.28. The largest absolute Gasteiger partial charge is 0.340 e. The van der Waals surface area contributed by atoms with E-state index in [9.17, 15) is 18.0 Å². The van der Waals surface area contributed by atoms with Crippen molar-refractivity contribution in [2.45, 2.75) is 24.9 Å². The number of rotatable bonds is 7. The molecule has 1 aliphatic rings. The van der Waals surface area contributed by atoms with Gasteiger partial charge in [-0.25, -0.2) is 17.9 Å². The number of hydrogen-bond donors (Lipinski definition) is 2. The fraction of sp³-hybridized carbons (Fsp3) is 0.409. The third-order valence-corrected chi connectivity index (χ3v) is 7.18. The number of anilines is 1. The van der Waals surface area contributed by atoms with Gasteiger partial charge in [0, 0.05) is 46.3 Å². The van der Waals surface area contributed by atoms with Crippen molar-refractivity contribution in [2.75, 3.05) is 37.6 Å². The molecular weight excluding hydrogens is 458 g/mol.